The monoisotopic (exact) mass is 310 g/mol. The van der Waals surface area contributed by atoms with Gasteiger partial charge in [0.2, 0.25) is 15.9 Å². The highest BCUT2D eigenvalue weighted by atomic mass is 32.2. The Morgan fingerprint density at radius 2 is 2.10 bits per heavy atom. The highest BCUT2D eigenvalue weighted by molar-refractivity contribution is 7.89. The van der Waals surface area contributed by atoms with Crippen molar-refractivity contribution < 1.29 is 18.3 Å². The average Bonchev–Trinajstić information content (AvgIpc) is 3.19. The van der Waals surface area contributed by atoms with Crippen LogP contribution in [0, 0.1) is 5.41 Å². The number of rotatable bonds is 5. The first-order valence-electron chi connectivity index (χ1n) is 6.87. The van der Waals surface area contributed by atoms with E-state index in [0.29, 0.717) is 0 Å². The predicted molar refractivity (Wildman–Crippen MR) is 77.5 cm³/mol. The molecule has 1 aliphatic carbocycles. The summed E-state index contributed by atoms with van der Waals surface area (Å²) in [7, 11) is -1.93. The molecule has 7 heteroatoms. The van der Waals surface area contributed by atoms with Gasteiger partial charge in [-0.25, -0.2) is 13.1 Å². The molecule has 1 amide bonds. The molecule has 0 atom stereocenters. The molecule has 1 aromatic carbocycles. The Balaban J connectivity index is 1.80. The third kappa shape index (κ3) is 2.56. The number of sulfonamides is 1. The predicted octanol–water partition coefficient (Wildman–Crippen LogP) is 0.256. The summed E-state index contributed by atoms with van der Waals surface area (Å²) in [6, 6.07) is 4.72. The number of aliphatic hydroxyl groups excluding tert-OH is 1. The van der Waals surface area contributed by atoms with Crippen LogP contribution < -0.4 is 9.62 Å². The summed E-state index contributed by atoms with van der Waals surface area (Å²) in [6.07, 6.45) is 1.92. The topological polar surface area (TPSA) is 86.7 Å². The highest BCUT2D eigenvalue weighted by Crippen LogP contribution is 2.44. The number of carbonyl (C=O) groups excluding carboxylic acids is 1. The van der Waals surface area contributed by atoms with E-state index >= 15 is 0 Å². The van der Waals surface area contributed by atoms with Gasteiger partial charge in [0.15, 0.2) is 0 Å². The number of nitrogens with one attached hydrogen (secondary N) is 1. The average molecular weight is 310 g/mol. The lowest BCUT2D eigenvalue weighted by Gasteiger charge is -2.14. The van der Waals surface area contributed by atoms with Gasteiger partial charge in [-0.3, -0.25) is 4.79 Å². The first-order chi connectivity index (χ1) is 9.87. The maximum Gasteiger partial charge on any atom is 0.240 e. The zero-order chi connectivity index (χ0) is 15.3. The van der Waals surface area contributed by atoms with Crippen molar-refractivity contribution in [3.63, 3.8) is 0 Å². The highest BCUT2D eigenvalue weighted by Gasteiger charge is 2.42. The molecular weight excluding hydrogens is 292 g/mol. The fraction of sp³-hybridized carbons (Fsp3) is 0.500. The van der Waals surface area contributed by atoms with E-state index in [1.165, 1.54) is 11.0 Å². The van der Waals surface area contributed by atoms with E-state index in [0.717, 1.165) is 24.1 Å². The van der Waals surface area contributed by atoms with Gasteiger partial charge >= 0.3 is 0 Å². The minimum absolute atomic E-state index is 0.000988. The van der Waals surface area contributed by atoms with E-state index in [1.54, 1.807) is 19.2 Å². The number of aliphatic hydroxyl groups is 1. The molecule has 0 aromatic heterocycles. The maximum atomic E-state index is 12.3. The smallest absolute Gasteiger partial charge is 0.240 e. The second-order valence-corrected chi connectivity index (χ2v) is 7.67. The van der Waals surface area contributed by atoms with Crippen molar-refractivity contribution in [2.75, 3.05) is 25.1 Å². The van der Waals surface area contributed by atoms with Gasteiger partial charge in [-0.1, -0.05) is 0 Å². The number of hydrogen-bond acceptors (Lipinski definition) is 4. The maximum absolute atomic E-state index is 12.3. The molecule has 1 aromatic rings. The number of fused-ring (bicyclic) bond motifs is 1. The van der Waals surface area contributed by atoms with Crippen LogP contribution in [0.2, 0.25) is 0 Å². The van der Waals surface area contributed by atoms with Crippen molar-refractivity contribution in [3.05, 3.63) is 23.8 Å². The molecule has 6 nitrogen and oxygen atoms in total. The van der Waals surface area contributed by atoms with Gasteiger partial charge < -0.3 is 10.0 Å². The van der Waals surface area contributed by atoms with Crippen LogP contribution in [0.15, 0.2) is 23.1 Å². The molecule has 1 fully saturated rings. The first kappa shape index (κ1) is 14.5. The van der Waals surface area contributed by atoms with Gasteiger partial charge in [0.05, 0.1) is 11.3 Å². The van der Waals surface area contributed by atoms with Gasteiger partial charge in [-0.2, -0.15) is 0 Å². The Bertz CT molecular complexity index is 695. The van der Waals surface area contributed by atoms with Crippen LogP contribution in [0.5, 0.6) is 0 Å². The lowest BCUT2D eigenvalue weighted by atomic mass is 10.1. The number of benzene rings is 1. The summed E-state index contributed by atoms with van der Waals surface area (Å²) in [6.45, 7) is 0.251. The summed E-state index contributed by atoms with van der Waals surface area (Å²) in [4.78, 5) is 13.3. The number of likely N-dealkylation sites (N-methyl/N-ethyl adjacent to an activating group) is 1. The Hall–Kier alpha value is -1.44. The second-order valence-electron chi connectivity index (χ2n) is 5.90. The number of anilines is 1. The van der Waals surface area contributed by atoms with Gasteiger partial charge in [0.25, 0.3) is 0 Å². The SMILES string of the molecule is CN1C(=O)Cc2cc(S(=O)(=O)NCC3(CO)CC3)ccc21. The van der Waals surface area contributed by atoms with Gasteiger partial charge in [-0.15, -0.1) is 0 Å². The first-order valence-corrected chi connectivity index (χ1v) is 8.35. The van der Waals surface area contributed by atoms with Crippen molar-refractivity contribution in [2.45, 2.75) is 24.2 Å². The van der Waals surface area contributed by atoms with Crippen LogP contribution >= 0.6 is 0 Å². The molecule has 1 aliphatic heterocycles. The largest absolute Gasteiger partial charge is 0.396 e. The molecule has 0 unspecified atom stereocenters. The summed E-state index contributed by atoms with van der Waals surface area (Å²) in [5.74, 6) is -0.0373. The lowest BCUT2D eigenvalue weighted by molar-refractivity contribution is -0.117. The number of amides is 1. The Kier molecular flexibility index (Phi) is 3.31. The molecule has 1 heterocycles. The van der Waals surface area contributed by atoms with Crippen LogP contribution in [0.1, 0.15) is 18.4 Å². The van der Waals surface area contributed by atoms with Crippen LogP contribution in [0.3, 0.4) is 0 Å². The molecular formula is C14H18N2O4S. The molecule has 0 spiro atoms. The molecule has 0 saturated heterocycles. The van der Waals surface area contributed by atoms with E-state index in [4.69, 9.17) is 0 Å². The van der Waals surface area contributed by atoms with Crippen molar-refractivity contribution in [1.82, 2.24) is 4.72 Å². The lowest BCUT2D eigenvalue weighted by Crippen LogP contribution is -2.32. The Labute approximate surface area is 123 Å². The van der Waals surface area contributed by atoms with E-state index in [2.05, 4.69) is 4.72 Å². The zero-order valence-corrected chi connectivity index (χ0v) is 12.6. The van der Waals surface area contributed by atoms with E-state index in [9.17, 15) is 18.3 Å². The molecule has 2 N–H and O–H groups in total. The molecule has 0 radical (unpaired) electrons. The van der Waals surface area contributed by atoms with Crippen molar-refractivity contribution in [3.8, 4) is 0 Å². The zero-order valence-electron chi connectivity index (χ0n) is 11.8. The molecule has 2 aliphatic rings. The fourth-order valence-electron chi connectivity index (χ4n) is 2.51. The van der Waals surface area contributed by atoms with Crippen LogP contribution in [-0.4, -0.2) is 39.6 Å². The van der Waals surface area contributed by atoms with Gasteiger partial charge in [0.1, 0.15) is 0 Å². The molecule has 0 bridgehead atoms. The normalized spacial score (nSPS) is 19.7. The van der Waals surface area contributed by atoms with E-state index in [-0.39, 0.29) is 35.8 Å². The fourth-order valence-corrected chi connectivity index (χ4v) is 3.72. The van der Waals surface area contributed by atoms with Crippen molar-refractivity contribution in [1.29, 1.82) is 0 Å². The quantitative estimate of drug-likeness (QED) is 0.816. The summed E-state index contributed by atoms with van der Waals surface area (Å²) in [5.41, 5.74) is 1.21. The molecule has 114 valence electrons. The molecule has 3 rings (SSSR count). The number of nitrogens with zero attached hydrogens (tertiary/aromatic N) is 1. The molecule has 21 heavy (non-hydrogen) atoms. The standard InChI is InChI=1S/C14H18N2O4S/c1-16-12-3-2-11(6-10(12)7-13(16)18)21(19,20)15-8-14(9-17)4-5-14/h2-3,6,15,17H,4-5,7-9H2,1H3. The third-order valence-corrected chi connectivity index (χ3v) is 5.77. The van der Waals surface area contributed by atoms with Crippen LogP contribution in [-0.2, 0) is 21.2 Å². The number of hydrogen-bond donors (Lipinski definition) is 2. The van der Waals surface area contributed by atoms with E-state index < -0.39 is 10.0 Å². The molecule has 1 saturated carbocycles. The van der Waals surface area contributed by atoms with Gasteiger partial charge in [0, 0.05) is 31.3 Å². The van der Waals surface area contributed by atoms with Gasteiger partial charge in [-0.05, 0) is 36.6 Å². The third-order valence-electron chi connectivity index (χ3n) is 4.37. The number of carbonyl (C=O) groups is 1. The van der Waals surface area contributed by atoms with Crippen LogP contribution in [0.25, 0.3) is 0 Å². The Morgan fingerprint density at radius 1 is 1.38 bits per heavy atom. The van der Waals surface area contributed by atoms with Crippen molar-refractivity contribution >= 4 is 21.6 Å². The summed E-state index contributed by atoms with van der Waals surface area (Å²) in [5, 5.41) is 9.23. The van der Waals surface area contributed by atoms with E-state index in [1.807, 2.05) is 0 Å². The minimum Gasteiger partial charge on any atom is -0.396 e. The minimum atomic E-state index is -3.61. The Morgan fingerprint density at radius 3 is 2.71 bits per heavy atom. The van der Waals surface area contributed by atoms with Crippen molar-refractivity contribution in [2.24, 2.45) is 5.41 Å². The summed E-state index contributed by atoms with van der Waals surface area (Å²) >= 11 is 0. The summed E-state index contributed by atoms with van der Waals surface area (Å²) < 4.78 is 27.1. The van der Waals surface area contributed by atoms with Crippen LogP contribution in [0.4, 0.5) is 5.69 Å². The second kappa shape index (κ2) is 4.79.